The number of morpholine rings is 1. The number of hydrogen-bond acceptors (Lipinski definition) is 4. The van der Waals surface area contributed by atoms with Gasteiger partial charge in [-0.2, -0.15) is 13.2 Å². The Labute approximate surface area is 128 Å². The molecule has 0 aromatic heterocycles. The minimum absolute atomic E-state index is 0.468. The van der Waals surface area contributed by atoms with Gasteiger partial charge in [-0.15, -0.1) is 0 Å². The Bertz CT molecular complexity index is 373. The summed E-state index contributed by atoms with van der Waals surface area (Å²) in [6.07, 6.45) is -3.38. The molecule has 0 saturated carbocycles. The topological polar surface area (TPSA) is 44.8 Å². The van der Waals surface area contributed by atoms with E-state index in [2.05, 4.69) is 4.90 Å². The van der Waals surface area contributed by atoms with Crippen molar-refractivity contribution in [3.63, 3.8) is 0 Å². The summed E-state index contributed by atoms with van der Waals surface area (Å²) in [7, 11) is 0. The second-order valence-corrected chi connectivity index (χ2v) is 6.07. The Balaban J connectivity index is 1.73. The van der Waals surface area contributed by atoms with Gasteiger partial charge in [-0.05, 0) is 25.8 Å². The van der Waals surface area contributed by atoms with Crippen molar-refractivity contribution in [3.05, 3.63) is 0 Å². The third-order valence-corrected chi connectivity index (χ3v) is 4.33. The molecule has 2 saturated heterocycles. The van der Waals surface area contributed by atoms with Crippen LogP contribution >= 0.6 is 0 Å². The molecule has 1 amide bonds. The van der Waals surface area contributed by atoms with Crippen molar-refractivity contribution in [1.29, 1.82) is 0 Å². The molecule has 22 heavy (non-hydrogen) atoms. The number of likely N-dealkylation sites (tertiary alicyclic amines) is 1. The zero-order valence-electron chi connectivity index (χ0n) is 12.9. The van der Waals surface area contributed by atoms with Gasteiger partial charge in [-0.1, -0.05) is 0 Å². The smallest absolute Gasteiger partial charge is 0.379 e. The molecule has 2 aliphatic heterocycles. The number of carbonyl (C=O) groups excluding carboxylic acids is 1. The number of nitrogens with zero attached hydrogens (tertiary/aromatic N) is 2. The Morgan fingerprint density at radius 2 is 2.00 bits per heavy atom. The van der Waals surface area contributed by atoms with Gasteiger partial charge in [0.25, 0.3) is 0 Å². The summed E-state index contributed by atoms with van der Waals surface area (Å²) in [5.41, 5.74) is 0. The molecular weight excluding hydrogens is 299 g/mol. The van der Waals surface area contributed by atoms with Crippen LogP contribution in [0.15, 0.2) is 0 Å². The fraction of sp³-hybridized carbons (Fsp3) is 0.929. The van der Waals surface area contributed by atoms with Crippen molar-refractivity contribution in [2.24, 2.45) is 5.92 Å². The Morgan fingerprint density at radius 3 is 2.64 bits per heavy atom. The maximum atomic E-state index is 12.1. The molecule has 2 aliphatic rings. The van der Waals surface area contributed by atoms with Gasteiger partial charge >= 0.3 is 6.18 Å². The molecule has 0 radical (unpaired) electrons. The molecule has 0 aromatic rings. The van der Waals surface area contributed by atoms with E-state index in [1.807, 2.05) is 10.2 Å². The predicted molar refractivity (Wildman–Crippen MR) is 75.5 cm³/mol. The van der Waals surface area contributed by atoms with E-state index < -0.39 is 24.7 Å². The van der Waals surface area contributed by atoms with Crippen LogP contribution in [-0.4, -0.2) is 80.4 Å². The average molecular weight is 323 g/mol. The molecule has 8 heteroatoms. The number of amides is 1. The number of halogens is 3. The van der Waals surface area contributed by atoms with Gasteiger partial charge in [-0.25, -0.2) is 0 Å². The highest BCUT2D eigenvalue weighted by atomic mass is 19.4. The molecule has 1 N–H and O–H groups in total. The number of hydrogen-bond donors (Lipinski definition) is 1. The minimum atomic E-state index is -4.36. The van der Waals surface area contributed by atoms with Gasteiger partial charge in [0, 0.05) is 26.2 Å². The summed E-state index contributed by atoms with van der Waals surface area (Å²) in [5, 5.41) is 1.96. The Morgan fingerprint density at radius 1 is 1.32 bits per heavy atom. The summed E-state index contributed by atoms with van der Waals surface area (Å²) < 4.78 is 41.7. The van der Waals surface area contributed by atoms with Gasteiger partial charge in [-0.3, -0.25) is 14.6 Å². The van der Waals surface area contributed by atoms with Crippen LogP contribution in [0, 0.1) is 5.92 Å². The monoisotopic (exact) mass is 323 g/mol. The highest BCUT2D eigenvalue weighted by Crippen LogP contribution is 2.20. The van der Waals surface area contributed by atoms with Crippen LogP contribution in [0.4, 0.5) is 13.2 Å². The third kappa shape index (κ3) is 5.40. The molecule has 2 fully saturated rings. The lowest BCUT2D eigenvalue weighted by molar-refractivity contribution is -0.141. The van der Waals surface area contributed by atoms with Crippen LogP contribution in [0.3, 0.4) is 0 Å². The van der Waals surface area contributed by atoms with Crippen LogP contribution in [-0.2, 0) is 9.53 Å². The van der Waals surface area contributed by atoms with Gasteiger partial charge in [0.05, 0.1) is 19.3 Å². The van der Waals surface area contributed by atoms with E-state index >= 15 is 0 Å². The molecule has 2 atom stereocenters. The van der Waals surface area contributed by atoms with Crippen LogP contribution in [0.2, 0.25) is 0 Å². The van der Waals surface area contributed by atoms with E-state index in [-0.39, 0.29) is 0 Å². The molecule has 128 valence electrons. The lowest BCUT2D eigenvalue weighted by atomic mass is 10.1. The Hall–Kier alpha value is -0.860. The first kappa shape index (κ1) is 17.5. The summed E-state index contributed by atoms with van der Waals surface area (Å²) in [6.45, 7) is 6.27. The van der Waals surface area contributed by atoms with Crippen molar-refractivity contribution in [3.8, 4) is 0 Å². The molecule has 0 aromatic carbocycles. The fourth-order valence-corrected chi connectivity index (χ4v) is 3.01. The van der Waals surface area contributed by atoms with E-state index in [0.717, 1.165) is 52.4 Å². The van der Waals surface area contributed by atoms with Gasteiger partial charge < -0.3 is 10.1 Å². The van der Waals surface area contributed by atoms with Crippen molar-refractivity contribution >= 4 is 5.91 Å². The number of rotatable bonds is 5. The van der Waals surface area contributed by atoms with Crippen molar-refractivity contribution in [2.75, 3.05) is 52.5 Å². The summed E-state index contributed by atoms with van der Waals surface area (Å²) in [6, 6.07) is -0.517. The number of carbonyl (C=O) groups is 1. The second kappa shape index (κ2) is 7.61. The number of nitrogens with one attached hydrogen (secondary N) is 1. The molecule has 0 aliphatic carbocycles. The lowest BCUT2D eigenvalue weighted by Crippen LogP contribution is -2.47. The predicted octanol–water partition coefficient (Wildman–Crippen LogP) is 0.708. The quantitative estimate of drug-likeness (QED) is 0.809. The molecular formula is C14H24F3N3O2. The van der Waals surface area contributed by atoms with E-state index in [1.54, 1.807) is 6.92 Å². The molecule has 2 heterocycles. The molecule has 0 spiro atoms. The van der Waals surface area contributed by atoms with Crippen molar-refractivity contribution < 1.29 is 22.7 Å². The molecule has 0 bridgehead atoms. The van der Waals surface area contributed by atoms with Gasteiger partial charge in [0.2, 0.25) is 5.91 Å². The summed E-state index contributed by atoms with van der Waals surface area (Å²) >= 11 is 0. The van der Waals surface area contributed by atoms with Crippen LogP contribution < -0.4 is 5.32 Å². The van der Waals surface area contributed by atoms with E-state index in [0.29, 0.717) is 5.92 Å². The first-order valence-electron chi connectivity index (χ1n) is 7.74. The zero-order chi connectivity index (χ0) is 16.2. The SMILES string of the molecule is C[C@H](C(=O)NCC(F)(F)F)N1CC[C@@H](CN2CCOCC2)C1. The fourth-order valence-electron chi connectivity index (χ4n) is 3.01. The van der Waals surface area contributed by atoms with E-state index in [1.165, 1.54) is 0 Å². The van der Waals surface area contributed by atoms with Gasteiger partial charge in [0.15, 0.2) is 0 Å². The van der Waals surface area contributed by atoms with E-state index in [4.69, 9.17) is 4.74 Å². The maximum Gasteiger partial charge on any atom is 0.405 e. The Kier molecular flexibility index (Phi) is 6.05. The van der Waals surface area contributed by atoms with Crippen molar-refractivity contribution in [2.45, 2.75) is 25.6 Å². The minimum Gasteiger partial charge on any atom is -0.379 e. The number of alkyl halides is 3. The number of ether oxygens (including phenoxy) is 1. The largest absolute Gasteiger partial charge is 0.405 e. The second-order valence-electron chi connectivity index (χ2n) is 6.07. The average Bonchev–Trinajstić information content (AvgIpc) is 2.92. The van der Waals surface area contributed by atoms with Crippen LogP contribution in [0.5, 0.6) is 0 Å². The zero-order valence-corrected chi connectivity index (χ0v) is 12.9. The first-order valence-corrected chi connectivity index (χ1v) is 7.74. The highest BCUT2D eigenvalue weighted by molar-refractivity contribution is 5.81. The molecule has 0 unspecified atom stereocenters. The van der Waals surface area contributed by atoms with E-state index in [9.17, 15) is 18.0 Å². The highest BCUT2D eigenvalue weighted by Gasteiger charge is 2.33. The first-order chi connectivity index (χ1) is 10.3. The summed E-state index contributed by atoms with van der Waals surface area (Å²) in [5.74, 6) is -0.0830. The van der Waals surface area contributed by atoms with Crippen LogP contribution in [0.25, 0.3) is 0 Å². The lowest BCUT2D eigenvalue weighted by Gasteiger charge is -2.29. The maximum absolute atomic E-state index is 12.1. The standard InChI is InChI=1S/C14H24F3N3O2/c1-11(13(21)18-10-14(15,16)17)20-3-2-12(9-20)8-19-4-6-22-7-5-19/h11-12H,2-10H2,1H3,(H,18,21)/t11-,12+/m1/s1. The molecule has 5 nitrogen and oxygen atoms in total. The van der Waals surface area contributed by atoms with Crippen molar-refractivity contribution in [1.82, 2.24) is 15.1 Å². The van der Waals surface area contributed by atoms with Crippen LogP contribution in [0.1, 0.15) is 13.3 Å². The molecule has 2 rings (SSSR count). The normalized spacial score (nSPS) is 26.1. The summed E-state index contributed by atoms with van der Waals surface area (Å²) in [4.78, 5) is 16.1. The van der Waals surface area contributed by atoms with Gasteiger partial charge in [0.1, 0.15) is 6.54 Å². The third-order valence-electron chi connectivity index (χ3n) is 4.33.